The zero-order chi connectivity index (χ0) is 15.4. The van der Waals surface area contributed by atoms with Crippen molar-refractivity contribution in [1.29, 1.82) is 0 Å². The van der Waals surface area contributed by atoms with Crippen LogP contribution >= 0.6 is 15.9 Å². The van der Waals surface area contributed by atoms with Crippen LogP contribution < -0.4 is 10.5 Å². The van der Waals surface area contributed by atoms with Gasteiger partial charge < -0.3 is 15.7 Å². The number of halogens is 1. The average molecular weight is 352 g/mol. The predicted molar refractivity (Wildman–Crippen MR) is 79.8 cm³/mol. The lowest BCUT2D eigenvalue weighted by atomic mass is 10.2. The fraction of sp³-hybridized carbons (Fsp3) is 0. The third-order valence-corrected chi connectivity index (χ3v) is 3.10. The van der Waals surface area contributed by atoms with Crippen LogP contribution in [0.25, 0.3) is 0 Å². The Morgan fingerprint density at radius 1 is 1.29 bits per heavy atom. The molecule has 2 aromatic carbocycles. The van der Waals surface area contributed by atoms with Crippen LogP contribution in [0.15, 0.2) is 52.1 Å². The minimum atomic E-state index is -0.495. The number of oxime groups is 1. The fourth-order valence-electron chi connectivity index (χ4n) is 1.61. The van der Waals surface area contributed by atoms with Gasteiger partial charge in [-0.2, -0.15) is 0 Å². The molecule has 0 spiro atoms. The molecule has 0 aromatic heterocycles. The van der Waals surface area contributed by atoms with Gasteiger partial charge in [0.15, 0.2) is 5.84 Å². The van der Waals surface area contributed by atoms with Crippen molar-refractivity contribution in [3.63, 3.8) is 0 Å². The van der Waals surface area contributed by atoms with Gasteiger partial charge in [-0.25, -0.2) is 0 Å². The number of amidine groups is 1. The van der Waals surface area contributed by atoms with E-state index in [2.05, 4.69) is 21.1 Å². The molecule has 0 amide bonds. The molecule has 0 saturated carbocycles. The van der Waals surface area contributed by atoms with Crippen molar-refractivity contribution < 1.29 is 14.9 Å². The summed E-state index contributed by atoms with van der Waals surface area (Å²) < 4.78 is 6.37. The van der Waals surface area contributed by atoms with Gasteiger partial charge in [-0.15, -0.1) is 0 Å². The van der Waals surface area contributed by atoms with Crippen LogP contribution in [0, 0.1) is 10.1 Å². The lowest BCUT2D eigenvalue weighted by Gasteiger charge is -2.10. The summed E-state index contributed by atoms with van der Waals surface area (Å²) in [5, 5.41) is 22.3. The summed E-state index contributed by atoms with van der Waals surface area (Å²) in [7, 11) is 0. The summed E-state index contributed by atoms with van der Waals surface area (Å²) in [5.41, 5.74) is 5.95. The summed E-state index contributed by atoms with van der Waals surface area (Å²) in [4.78, 5) is 10.1. The molecule has 0 aliphatic heterocycles. The van der Waals surface area contributed by atoms with Gasteiger partial charge in [0.25, 0.3) is 5.69 Å². The van der Waals surface area contributed by atoms with Crippen LogP contribution in [0.2, 0.25) is 0 Å². The molecule has 2 aromatic rings. The molecule has 3 N–H and O–H groups in total. The number of nitro benzene ring substituents is 1. The van der Waals surface area contributed by atoms with Crippen LogP contribution in [0.1, 0.15) is 5.56 Å². The van der Waals surface area contributed by atoms with E-state index in [1.807, 2.05) is 0 Å². The molecule has 0 radical (unpaired) electrons. The van der Waals surface area contributed by atoms with Crippen LogP contribution in [0.5, 0.6) is 11.5 Å². The van der Waals surface area contributed by atoms with Crippen molar-refractivity contribution >= 4 is 27.5 Å². The summed E-state index contributed by atoms with van der Waals surface area (Å²) in [5.74, 6) is 0.652. The second kappa shape index (κ2) is 6.23. The first-order chi connectivity index (χ1) is 10.0. The van der Waals surface area contributed by atoms with E-state index >= 15 is 0 Å². The van der Waals surface area contributed by atoms with Crippen LogP contribution in [-0.2, 0) is 0 Å². The third kappa shape index (κ3) is 3.48. The van der Waals surface area contributed by atoms with Gasteiger partial charge in [0.1, 0.15) is 11.5 Å². The minimum Gasteiger partial charge on any atom is -0.457 e. The zero-order valence-electron chi connectivity index (χ0n) is 10.6. The lowest BCUT2D eigenvalue weighted by molar-refractivity contribution is -0.384. The standard InChI is InChI=1S/C13H10BrN3O4/c14-8-1-6-11(13(15)16-18)12(7-8)21-10-4-2-9(3-5-10)17(19)20/h1-7,18H,(H2,15,16). The number of rotatable bonds is 4. The molecule has 2 rings (SSSR count). The highest BCUT2D eigenvalue weighted by atomic mass is 79.9. The first-order valence-electron chi connectivity index (χ1n) is 5.71. The van der Waals surface area contributed by atoms with E-state index in [0.717, 1.165) is 4.47 Å². The normalized spacial score (nSPS) is 11.2. The molecule has 0 unspecified atom stereocenters. The van der Waals surface area contributed by atoms with Gasteiger partial charge in [-0.3, -0.25) is 10.1 Å². The Morgan fingerprint density at radius 2 is 1.95 bits per heavy atom. The molecule has 21 heavy (non-hydrogen) atoms. The summed E-state index contributed by atoms with van der Waals surface area (Å²) in [6.45, 7) is 0. The molecule has 7 nitrogen and oxygen atoms in total. The Kier molecular flexibility index (Phi) is 4.39. The first-order valence-corrected chi connectivity index (χ1v) is 6.50. The highest BCUT2D eigenvalue weighted by molar-refractivity contribution is 9.10. The van der Waals surface area contributed by atoms with Crippen LogP contribution in [-0.4, -0.2) is 16.0 Å². The third-order valence-electron chi connectivity index (χ3n) is 2.60. The molecule has 0 heterocycles. The number of non-ortho nitro benzene ring substituents is 1. The molecule has 0 aliphatic rings. The smallest absolute Gasteiger partial charge is 0.269 e. The summed E-state index contributed by atoms with van der Waals surface area (Å²) >= 11 is 3.30. The minimum absolute atomic E-state index is 0.0340. The molecular weight excluding hydrogens is 342 g/mol. The van der Waals surface area contributed by atoms with E-state index in [9.17, 15) is 10.1 Å². The average Bonchev–Trinajstić information content (AvgIpc) is 2.47. The van der Waals surface area contributed by atoms with Crippen molar-refractivity contribution in [2.75, 3.05) is 0 Å². The van der Waals surface area contributed by atoms with Crippen molar-refractivity contribution in [1.82, 2.24) is 0 Å². The van der Waals surface area contributed by atoms with Gasteiger partial charge in [-0.1, -0.05) is 21.1 Å². The fourth-order valence-corrected chi connectivity index (χ4v) is 1.95. The molecule has 0 bridgehead atoms. The number of nitrogens with two attached hydrogens (primary N) is 1. The quantitative estimate of drug-likeness (QED) is 0.288. The van der Waals surface area contributed by atoms with Crippen molar-refractivity contribution in [3.05, 3.63) is 62.6 Å². The van der Waals surface area contributed by atoms with Gasteiger partial charge in [0.2, 0.25) is 0 Å². The Labute approximate surface area is 127 Å². The number of hydrogen-bond acceptors (Lipinski definition) is 5. The van der Waals surface area contributed by atoms with Gasteiger partial charge in [0, 0.05) is 16.6 Å². The topological polar surface area (TPSA) is 111 Å². The zero-order valence-corrected chi connectivity index (χ0v) is 12.1. The molecule has 108 valence electrons. The van der Waals surface area contributed by atoms with E-state index in [4.69, 9.17) is 15.7 Å². The van der Waals surface area contributed by atoms with Crippen molar-refractivity contribution in [3.8, 4) is 11.5 Å². The van der Waals surface area contributed by atoms with E-state index < -0.39 is 4.92 Å². The highest BCUT2D eigenvalue weighted by Crippen LogP contribution is 2.29. The summed E-state index contributed by atoms with van der Waals surface area (Å²) in [6.07, 6.45) is 0. The molecule has 0 fully saturated rings. The number of benzene rings is 2. The van der Waals surface area contributed by atoms with Gasteiger partial charge in [0.05, 0.1) is 10.5 Å². The molecule has 0 saturated heterocycles. The Hall–Kier alpha value is -2.61. The SMILES string of the molecule is N/C(=N/O)c1ccc(Br)cc1Oc1ccc([N+](=O)[O-])cc1. The number of nitrogens with zero attached hydrogens (tertiary/aromatic N) is 2. The number of ether oxygens (including phenoxy) is 1. The monoisotopic (exact) mass is 351 g/mol. The second-order valence-electron chi connectivity index (χ2n) is 3.98. The Bertz CT molecular complexity index is 701. The Balaban J connectivity index is 2.34. The maximum Gasteiger partial charge on any atom is 0.269 e. The van der Waals surface area contributed by atoms with E-state index in [1.165, 1.54) is 24.3 Å². The van der Waals surface area contributed by atoms with Crippen LogP contribution in [0.3, 0.4) is 0 Å². The Morgan fingerprint density at radius 3 is 2.52 bits per heavy atom. The maximum absolute atomic E-state index is 10.6. The highest BCUT2D eigenvalue weighted by Gasteiger charge is 2.11. The number of nitro groups is 1. The van der Waals surface area contributed by atoms with E-state index in [0.29, 0.717) is 17.1 Å². The summed E-state index contributed by atoms with van der Waals surface area (Å²) in [6, 6.07) is 10.6. The van der Waals surface area contributed by atoms with E-state index in [1.54, 1.807) is 18.2 Å². The lowest BCUT2D eigenvalue weighted by Crippen LogP contribution is -2.14. The second-order valence-corrected chi connectivity index (χ2v) is 4.89. The molecule has 0 aliphatic carbocycles. The van der Waals surface area contributed by atoms with Gasteiger partial charge in [-0.05, 0) is 30.3 Å². The van der Waals surface area contributed by atoms with Crippen LogP contribution in [0.4, 0.5) is 5.69 Å². The van der Waals surface area contributed by atoms with E-state index in [-0.39, 0.29) is 11.5 Å². The number of hydrogen-bond donors (Lipinski definition) is 2. The first kappa shape index (κ1) is 14.8. The molecule has 8 heteroatoms. The molecule has 0 atom stereocenters. The van der Waals surface area contributed by atoms with Crippen molar-refractivity contribution in [2.24, 2.45) is 10.9 Å². The predicted octanol–water partition coefficient (Wildman–Crippen LogP) is 3.24. The largest absolute Gasteiger partial charge is 0.457 e. The van der Waals surface area contributed by atoms with Crippen molar-refractivity contribution in [2.45, 2.75) is 0 Å². The van der Waals surface area contributed by atoms with Gasteiger partial charge >= 0.3 is 0 Å². The molecular formula is C13H10BrN3O4. The maximum atomic E-state index is 10.6.